The summed E-state index contributed by atoms with van der Waals surface area (Å²) in [7, 11) is 0. The molecule has 1 aromatic heterocycles. The van der Waals surface area contributed by atoms with Crippen LogP contribution in [0.25, 0.3) is 0 Å². The number of amides is 1. The topological polar surface area (TPSA) is 51.5 Å². The molecule has 5 heteroatoms. The number of furan rings is 1. The quantitative estimate of drug-likeness (QED) is 0.810. The normalized spacial score (nSPS) is 10.3. The van der Waals surface area contributed by atoms with Gasteiger partial charge in [-0.1, -0.05) is 0 Å². The van der Waals surface area contributed by atoms with Gasteiger partial charge in [-0.15, -0.1) is 0 Å². The summed E-state index contributed by atoms with van der Waals surface area (Å²) in [6, 6.07) is 3.32. The van der Waals surface area contributed by atoms with Crippen LogP contribution in [-0.4, -0.2) is 25.7 Å². The lowest BCUT2D eigenvalue weighted by atomic mass is 10.4. The Kier molecular flexibility index (Phi) is 5.42. The molecule has 0 bridgehead atoms. The van der Waals surface area contributed by atoms with E-state index in [0.29, 0.717) is 30.2 Å². The van der Waals surface area contributed by atoms with Gasteiger partial charge in [0.05, 0.1) is 0 Å². The van der Waals surface area contributed by atoms with Crippen LogP contribution in [0.1, 0.15) is 23.9 Å². The van der Waals surface area contributed by atoms with Gasteiger partial charge in [-0.2, -0.15) is 0 Å². The van der Waals surface area contributed by atoms with Crippen molar-refractivity contribution in [2.75, 3.05) is 19.8 Å². The largest absolute Gasteiger partial charge is 0.444 e. The van der Waals surface area contributed by atoms with Crippen LogP contribution in [-0.2, 0) is 4.74 Å². The Bertz CT molecular complexity index is 311. The number of rotatable bonds is 6. The third-order valence-electron chi connectivity index (χ3n) is 1.75. The number of halogens is 1. The Balaban J connectivity index is 2.19. The van der Waals surface area contributed by atoms with Crippen molar-refractivity contribution in [3.8, 4) is 0 Å². The minimum absolute atomic E-state index is 0.197. The van der Waals surface area contributed by atoms with Gasteiger partial charge in [0.15, 0.2) is 10.4 Å². The fourth-order valence-electron chi connectivity index (χ4n) is 1.04. The molecule has 0 saturated heterocycles. The number of carbonyl (C=O) groups excluding carboxylic acids is 1. The van der Waals surface area contributed by atoms with E-state index in [1.807, 2.05) is 6.92 Å². The smallest absolute Gasteiger partial charge is 0.287 e. The molecule has 1 aromatic rings. The first kappa shape index (κ1) is 12.3. The van der Waals surface area contributed by atoms with E-state index >= 15 is 0 Å². The van der Waals surface area contributed by atoms with E-state index in [1.165, 1.54) is 0 Å². The molecule has 0 aliphatic heterocycles. The first-order chi connectivity index (χ1) is 7.24. The molecule has 0 aliphatic rings. The van der Waals surface area contributed by atoms with Crippen molar-refractivity contribution >= 4 is 21.8 Å². The Labute approximate surface area is 97.1 Å². The third-order valence-corrected chi connectivity index (χ3v) is 2.18. The molecule has 0 fully saturated rings. The second-order valence-corrected chi connectivity index (χ2v) is 3.69. The molecule has 1 rings (SSSR count). The number of hydrogen-bond donors (Lipinski definition) is 1. The second kappa shape index (κ2) is 6.63. The SMILES string of the molecule is CCOCCCNC(=O)c1ccc(Br)o1. The van der Waals surface area contributed by atoms with Crippen molar-refractivity contribution in [3.05, 3.63) is 22.6 Å². The Morgan fingerprint density at radius 1 is 1.60 bits per heavy atom. The summed E-state index contributed by atoms with van der Waals surface area (Å²) >= 11 is 3.14. The highest BCUT2D eigenvalue weighted by Crippen LogP contribution is 2.13. The average molecular weight is 276 g/mol. The van der Waals surface area contributed by atoms with Crippen LogP contribution in [0.5, 0.6) is 0 Å². The standard InChI is InChI=1S/C10H14BrNO3/c1-2-14-7-3-6-12-10(13)8-4-5-9(11)15-8/h4-5H,2-3,6-7H2,1H3,(H,12,13). The van der Waals surface area contributed by atoms with Gasteiger partial charge in [0.1, 0.15) is 0 Å². The van der Waals surface area contributed by atoms with Crippen LogP contribution in [0.4, 0.5) is 0 Å². The molecule has 15 heavy (non-hydrogen) atoms. The molecule has 1 heterocycles. The van der Waals surface area contributed by atoms with E-state index < -0.39 is 0 Å². The zero-order chi connectivity index (χ0) is 11.1. The Hall–Kier alpha value is -0.810. The van der Waals surface area contributed by atoms with Gasteiger partial charge in [0.25, 0.3) is 5.91 Å². The molecule has 0 unspecified atom stereocenters. The molecule has 4 nitrogen and oxygen atoms in total. The molecule has 0 aliphatic carbocycles. The summed E-state index contributed by atoms with van der Waals surface area (Å²) in [6.07, 6.45) is 0.807. The van der Waals surface area contributed by atoms with Crippen LogP contribution < -0.4 is 5.32 Å². The van der Waals surface area contributed by atoms with Crippen molar-refractivity contribution in [2.24, 2.45) is 0 Å². The lowest BCUT2D eigenvalue weighted by Gasteiger charge is -2.02. The number of nitrogens with one attached hydrogen (secondary N) is 1. The van der Waals surface area contributed by atoms with Gasteiger partial charge >= 0.3 is 0 Å². The third kappa shape index (κ3) is 4.48. The Morgan fingerprint density at radius 2 is 2.40 bits per heavy atom. The Morgan fingerprint density at radius 3 is 3.00 bits per heavy atom. The predicted octanol–water partition coefficient (Wildman–Crippen LogP) is 2.20. The van der Waals surface area contributed by atoms with Gasteiger partial charge in [0, 0.05) is 19.8 Å². The summed E-state index contributed by atoms with van der Waals surface area (Å²) in [6.45, 7) is 3.91. The highest BCUT2D eigenvalue weighted by Gasteiger charge is 2.08. The van der Waals surface area contributed by atoms with Crippen LogP contribution >= 0.6 is 15.9 Å². The van der Waals surface area contributed by atoms with Crippen LogP contribution in [0.15, 0.2) is 21.2 Å². The van der Waals surface area contributed by atoms with Crippen molar-refractivity contribution in [2.45, 2.75) is 13.3 Å². The molecule has 84 valence electrons. The van der Waals surface area contributed by atoms with Gasteiger partial charge in [-0.25, -0.2) is 0 Å². The molecule has 0 atom stereocenters. The molecular weight excluding hydrogens is 262 g/mol. The summed E-state index contributed by atoms with van der Waals surface area (Å²) in [5.74, 6) is 0.121. The number of ether oxygens (including phenoxy) is 1. The highest BCUT2D eigenvalue weighted by atomic mass is 79.9. The zero-order valence-corrected chi connectivity index (χ0v) is 10.2. The number of hydrogen-bond acceptors (Lipinski definition) is 3. The molecule has 0 aromatic carbocycles. The van der Waals surface area contributed by atoms with E-state index in [9.17, 15) is 4.79 Å². The van der Waals surface area contributed by atoms with Gasteiger partial charge in [-0.05, 0) is 41.4 Å². The van der Waals surface area contributed by atoms with Gasteiger partial charge in [-0.3, -0.25) is 4.79 Å². The van der Waals surface area contributed by atoms with Gasteiger partial charge < -0.3 is 14.5 Å². The maximum absolute atomic E-state index is 11.4. The summed E-state index contributed by atoms with van der Waals surface area (Å²) in [4.78, 5) is 11.4. The van der Waals surface area contributed by atoms with E-state index in [4.69, 9.17) is 9.15 Å². The maximum atomic E-state index is 11.4. The molecule has 0 radical (unpaired) electrons. The van der Waals surface area contributed by atoms with E-state index in [-0.39, 0.29) is 5.91 Å². The van der Waals surface area contributed by atoms with Crippen molar-refractivity contribution < 1.29 is 13.9 Å². The van der Waals surface area contributed by atoms with Crippen molar-refractivity contribution in [3.63, 3.8) is 0 Å². The average Bonchev–Trinajstić information content (AvgIpc) is 2.64. The molecule has 0 spiro atoms. The van der Waals surface area contributed by atoms with Crippen LogP contribution in [0.3, 0.4) is 0 Å². The first-order valence-electron chi connectivity index (χ1n) is 4.85. The minimum Gasteiger partial charge on any atom is -0.444 e. The van der Waals surface area contributed by atoms with Crippen molar-refractivity contribution in [1.29, 1.82) is 0 Å². The first-order valence-corrected chi connectivity index (χ1v) is 5.64. The van der Waals surface area contributed by atoms with E-state index in [2.05, 4.69) is 21.2 Å². The van der Waals surface area contributed by atoms with Crippen LogP contribution in [0.2, 0.25) is 0 Å². The molecular formula is C10H14BrNO3. The fourth-order valence-corrected chi connectivity index (χ4v) is 1.35. The van der Waals surface area contributed by atoms with E-state index in [0.717, 1.165) is 6.42 Å². The predicted molar refractivity (Wildman–Crippen MR) is 59.9 cm³/mol. The lowest BCUT2D eigenvalue weighted by molar-refractivity contribution is 0.0915. The molecule has 1 amide bonds. The molecule has 1 N–H and O–H groups in total. The monoisotopic (exact) mass is 275 g/mol. The molecule has 0 saturated carbocycles. The van der Waals surface area contributed by atoms with Gasteiger partial charge in [0.2, 0.25) is 0 Å². The number of carbonyl (C=O) groups is 1. The summed E-state index contributed by atoms with van der Waals surface area (Å²) < 4.78 is 10.8. The maximum Gasteiger partial charge on any atom is 0.287 e. The zero-order valence-electron chi connectivity index (χ0n) is 8.59. The second-order valence-electron chi connectivity index (χ2n) is 2.91. The summed E-state index contributed by atoms with van der Waals surface area (Å²) in [5.41, 5.74) is 0. The summed E-state index contributed by atoms with van der Waals surface area (Å²) in [5, 5.41) is 2.74. The fraction of sp³-hybridized carbons (Fsp3) is 0.500. The van der Waals surface area contributed by atoms with E-state index in [1.54, 1.807) is 12.1 Å². The lowest BCUT2D eigenvalue weighted by Crippen LogP contribution is -2.24. The minimum atomic E-state index is -0.197. The van der Waals surface area contributed by atoms with Crippen molar-refractivity contribution in [1.82, 2.24) is 5.32 Å². The van der Waals surface area contributed by atoms with Crippen LogP contribution in [0, 0.1) is 0 Å². The highest BCUT2D eigenvalue weighted by molar-refractivity contribution is 9.10.